The van der Waals surface area contributed by atoms with E-state index in [4.69, 9.17) is 5.11 Å². The molecule has 2 amide bonds. The molecule has 16 heavy (non-hydrogen) atoms. The van der Waals surface area contributed by atoms with E-state index in [1.807, 2.05) is 20.8 Å². The van der Waals surface area contributed by atoms with Crippen molar-refractivity contribution in [2.24, 2.45) is 0 Å². The molecule has 0 aliphatic carbocycles. The molecule has 0 radical (unpaired) electrons. The number of nitrogens with zero attached hydrogens (tertiary/aromatic N) is 2. The highest BCUT2D eigenvalue weighted by Crippen LogP contribution is 2.05. The average Bonchev–Trinajstić information content (AvgIpc) is 2.24. The monoisotopic (exact) mass is 230 g/mol. The van der Waals surface area contributed by atoms with Crippen LogP contribution in [0.1, 0.15) is 33.6 Å². The first kappa shape index (κ1) is 14.7. The second-order valence-electron chi connectivity index (χ2n) is 3.97. The Balaban J connectivity index is 4.52. The highest BCUT2D eigenvalue weighted by molar-refractivity contribution is 5.80. The first-order valence-electron chi connectivity index (χ1n) is 5.67. The number of rotatable bonds is 6. The third kappa shape index (κ3) is 4.51. The van der Waals surface area contributed by atoms with E-state index in [0.29, 0.717) is 6.54 Å². The predicted octanol–water partition coefficient (Wildman–Crippen LogP) is 1.63. The largest absolute Gasteiger partial charge is 0.480 e. The number of hydrogen-bond acceptors (Lipinski definition) is 2. The minimum absolute atomic E-state index is 0.126. The lowest BCUT2D eigenvalue weighted by atomic mass is 10.2. The van der Waals surface area contributed by atoms with Gasteiger partial charge in [-0.1, -0.05) is 13.8 Å². The van der Waals surface area contributed by atoms with Crippen LogP contribution in [0, 0.1) is 0 Å². The molecule has 0 aromatic heterocycles. The van der Waals surface area contributed by atoms with Crippen molar-refractivity contribution in [3.63, 3.8) is 0 Å². The van der Waals surface area contributed by atoms with Gasteiger partial charge in [-0.2, -0.15) is 0 Å². The van der Waals surface area contributed by atoms with E-state index in [9.17, 15) is 9.59 Å². The van der Waals surface area contributed by atoms with Gasteiger partial charge in [-0.15, -0.1) is 0 Å². The fourth-order valence-electron chi connectivity index (χ4n) is 1.36. The Hall–Kier alpha value is -1.26. The smallest absolute Gasteiger partial charge is 0.323 e. The molecule has 0 aliphatic heterocycles. The van der Waals surface area contributed by atoms with Gasteiger partial charge in [-0.3, -0.25) is 4.79 Å². The molecule has 0 rings (SSSR count). The average molecular weight is 230 g/mol. The second kappa shape index (κ2) is 7.09. The van der Waals surface area contributed by atoms with Crippen LogP contribution in [0.15, 0.2) is 0 Å². The number of amides is 2. The first-order valence-corrected chi connectivity index (χ1v) is 5.67. The van der Waals surface area contributed by atoms with Gasteiger partial charge in [-0.05, 0) is 19.8 Å². The van der Waals surface area contributed by atoms with Gasteiger partial charge in [0.15, 0.2) is 0 Å². The van der Waals surface area contributed by atoms with Gasteiger partial charge in [0.1, 0.15) is 6.54 Å². The molecule has 0 bridgehead atoms. The zero-order valence-electron chi connectivity index (χ0n) is 10.6. The summed E-state index contributed by atoms with van der Waals surface area (Å²) < 4.78 is 0. The quantitative estimate of drug-likeness (QED) is 0.754. The molecule has 5 heteroatoms. The highest BCUT2D eigenvalue weighted by Gasteiger charge is 2.22. The Bertz CT molecular complexity index is 243. The van der Waals surface area contributed by atoms with Crippen molar-refractivity contribution in [3.8, 4) is 0 Å². The molecule has 1 unspecified atom stereocenters. The van der Waals surface area contributed by atoms with Gasteiger partial charge in [-0.25, -0.2) is 4.79 Å². The summed E-state index contributed by atoms with van der Waals surface area (Å²) in [6, 6.07) is -0.0840. The lowest BCUT2D eigenvalue weighted by Crippen LogP contribution is -2.47. The van der Waals surface area contributed by atoms with E-state index in [1.54, 1.807) is 11.9 Å². The van der Waals surface area contributed by atoms with Crippen molar-refractivity contribution in [1.82, 2.24) is 9.80 Å². The molecular weight excluding hydrogens is 208 g/mol. The molecule has 0 heterocycles. The van der Waals surface area contributed by atoms with E-state index in [0.717, 1.165) is 12.8 Å². The number of hydrogen-bond donors (Lipinski definition) is 1. The van der Waals surface area contributed by atoms with Crippen molar-refractivity contribution in [2.45, 2.75) is 39.7 Å². The van der Waals surface area contributed by atoms with Gasteiger partial charge in [0.2, 0.25) is 0 Å². The molecular formula is C11H22N2O3. The van der Waals surface area contributed by atoms with Crippen LogP contribution in [-0.4, -0.2) is 53.1 Å². The summed E-state index contributed by atoms with van der Waals surface area (Å²) in [5.74, 6) is -0.973. The minimum atomic E-state index is -0.973. The molecule has 0 saturated heterocycles. The molecule has 0 fully saturated rings. The topological polar surface area (TPSA) is 60.9 Å². The van der Waals surface area contributed by atoms with Crippen molar-refractivity contribution < 1.29 is 14.7 Å². The molecule has 94 valence electrons. The Morgan fingerprint density at radius 1 is 1.31 bits per heavy atom. The summed E-state index contributed by atoms with van der Waals surface area (Å²) in [4.78, 5) is 25.6. The van der Waals surface area contributed by atoms with E-state index in [1.165, 1.54) is 4.90 Å². The number of carboxylic acids is 1. The van der Waals surface area contributed by atoms with Crippen molar-refractivity contribution in [1.29, 1.82) is 0 Å². The van der Waals surface area contributed by atoms with Crippen LogP contribution in [0.4, 0.5) is 4.79 Å². The van der Waals surface area contributed by atoms with Crippen LogP contribution < -0.4 is 0 Å². The summed E-state index contributed by atoms with van der Waals surface area (Å²) >= 11 is 0. The molecule has 1 atom stereocenters. The maximum absolute atomic E-state index is 12.0. The Kier molecular flexibility index (Phi) is 6.53. The minimum Gasteiger partial charge on any atom is -0.480 e. The van der Waals surface area contributed by atoms with Gasteiger partial charge >= 0.3 is 12.0 Å². The lowest BCUT2D eigenvalue weighted by molar-refractivity contribution is -0.137. The summed E-state index contributed by atoms with van der Waals surface area (Å²) in [7, 11) is 1.71. The Labute approximate surface area is 97.0 Å². The van der Waals surface area contributed by atoms with Crippen LogP contribution in [0.3, 0.4) is 0 Å². The number of carbonyl (C=O) groups is 2. The zero-order valence-corrected chi connectivity index (χ0v) is 10.6. The molecule has 0 spiro atoms. The third-order valence-electron chi connectivity index (χ3n) is 2.64. The van der Waals surface area contributed by atoms with Gasteiger partial charge < -0.3 is 14.9 Å². The SMILES string of the molecule is CCCN(CC(=O)O)C(=O)N(C)C(C)CC. The van der Waals surface area contributed by atoms with E-state index < -0.39 is 5.97 Å². The number of carbonyl (C=O) groups excluding carboxylic acids is 1. The molecule has 5 nitrogen and oxygen atoms in total. The molecule has 0 aliphatic rings. The number of aliphatic carboxylic acids is 1. The standard InChI is InChI=1S/C11H22N2O3/c1-5-7-13(8-10(14)15)11(16)12(4)9(3)6-2/h9H,5-8H2,1-4H3,(H,14,15). The number of carboxylic acid groups (broad SMARTS) is 1. The van der Waals surface area contributed by atoms with Crippen LogP contribution in [0.5, 0.6) is 0 Å². The Morgan fingerprint density at radius 3 is 2.25 bits per heavy atom. The Morgan fingerprint density at radius 2 is 1.88 bits per heavy atom. The first-order chi connectivity index (χ1) is 7.43. The predicted molar refractivity (Wildman–Crippen MR) is 62.4 cm³/mol. The van der Waals surface area contributed by atoms with Crippen LogP contribution in [-0.2, 0) is 4.79 Å². The van der Waals surface area contributed by atoms with E-state index in [2.05, 4.69) is 0 Å². The van der Waals surface area contributed by atoms with E-state index >= 15 is 0 Å². The van der Waals surface area contributed by atoms with Crippen LogP contribution in [0.2, 0.25) is 0 Å². The number of urea groups is 1. The van der Waals surface area contributed by atoms with Crippen LogP contribution >= 0.6 is 0 Å². The fourth-order valence-corrected chi connectivity index (χ4v) is 1.36. The van der Waals surface area contributed by atoms with Gasteiger partial charge in [0.05, 0.1) is 0 Å². The zero-order chi connectivity index (χ0) is 12.7. The molecule has 1 N–H and O–H groups in total. The van der Waals surface area contributed by atoms with Crippen molar-refractivity contribution >= 4 is 12.0 Å². The van der Waals surface area contributed by atoms with Crippen molar-refractivity contribution in [2.75, 3.05) is 20.1 Å². The highest BCUT2D eigenvalue weighted by atomic mass is 16.4. The third-order valence-corrected chi connectivity index (χ3v) is 2.64. The van der Waals surface area contributed by atoms with Gasteiger partial charge in [0, 0.05) is 19.6 Å². The summed E-state index contributed by atoms with van der Waals surface area (Å²) in [6.45, 7) is 6.11. The van der Waals surface area contributed by atoms with Crippen molar-refractivity contribution in [3.05, 3.63) is 0 Å². The fraction of sp³-hybridized carbons (Fsp3) is 0.818. The molecule has 0 aromatic carbocycles. The van der Waals surface area contributed by atoms with E-state index in [-0.39, 0.29) is 18.6 Å². The molecule has 0 aromatic rings. The second-order valence-corrected chi connectivity index (χ2v) is 3.97. The molecule has 0 saturated carbocycles. The summed E-state index contributed by atoms with van der Waals surface area (Å²) in [5, 5.41) is 8.72. The van der Waals surface area contributed by atoms with Gasteiger partial charge in [0.25, 0.3) is 0 Å². The van der Waals surface area contributed by atoms with Crippen LogP contribution in [0.25, 0.3) is 0 Å². The normalized spacial score (nSPS) is 12.0. The maximum atomic E-state index is 12.0. The summed E-state index contributed by atoms with van der Waals surface area (Å²) in [6.07, 6.45) is 1.61. The lowest BCUT2D eigenvalue weighted by Gasteiger charge is -2.30. The maximum Gasteiger partial charge on any atom is 0.323 e. The summed E-state index contributed by atoms with van der Waals surface area (Å²) in [5.41, 5.74) is 0.